The van der Waals surface area contributed by atoms with Gasteiger partial charge in [-0.25, -0.2) is 0 Å². The van der Waals surface area contributed by atoms with E-state index in [1.807, 2.05) is 12.2 Å². The summed E-state index contributed by atoms with van der Waals surface area (Å²) in [7, 11) is 1.47. The number of carbonyl (C=O) groups is 3. The Morgan fingerprint density at radius 3 is 2.80 bits per heavy atom. The lowest BCUT2D eigenvalue weighted by Gasteiger charge is -2.33. The summed E-state index contributed by atoms with van der Waals surface area (Å²) in [4.78, 5) is 44.5. The molecule has 0 spiro atoms. The minimum atomic E-state index is -0.633. The first kappa shape index (κ1) is 19.7. The number of nitrogens with zero attached hydrogens (tertiary/aromatic N) is 5. The highest BCUT2D eigenvalue weighted by Gasteiger charge is 2.42. The molecule has 9 nitrogen and oxygen atoms in total. The molecular weight excluding hydrogens is 384 g/mol. The van der Waals surface area contributed by atoms with Crippen LogP contribution in [0.4, 0.5) is 5.82 Å². The van der Waals surface area contributed by atoms with E-state index in [2.05, 4.69) is 20.5 Å². The molecule has 30 heavy (non-hydrogen) atoms. The molecule has 0 radical (unpaired) electrons. The summed E-state index contributed by atoms with van der Waals surface area (Å²) in [5.74, 6) is -0.621. The molecule has 3 amide bonds. The van der Waals surface area contributed by atoms with Gasteiger partial charge in [-0.3, -0.25) is 24.3 Å². The second-order valence-electron chi connectivity index (χ2n) is 7.33. The van der Waals surface area contributed by atoms with Gasteiger partial charge in [-0.2, -0.15) is 0 Å². The van der Waals surface area contributed by atoms with Crippen LogP contribution in [-0.4, -0.2) is 63.6 Å². The van der Waals surface area contributed by atoms with Gasteiger partial charge in [-0.15, -0.1) is 10.2 Å². The molecule has 154 valence electrons. The van der Waals surface area contributed by atoms with Crippen molar-refractivity contribution in [3.05, 3.63) is 47.4 Å². The van der Waals surface area contributed by atoms with Crippen molar-refractivity contribution < 1.29 is 14.4 Å². The molecule has 3 aliphatic heterocycles. The van der Waals surface area contributed by atoms with Crippen molar-refractivity contribution in [3.63, 3.8) is 0 Å². The SMILES string of the molecule is CC(C(=O)Nc1ccc(C2=CC=CN=CC2)nn1)N1CCCC2=C1C(=O)N(C)C2=O. The largest absolute Gasteiger partial charge is 0.355 e. The van der Waals surface area contributed by atoms with Crippen molar-refractivity contribution in [2.45, 2.75) is 32.2 Å². The molecule has 0 aromatic carbocycles. The summed E-state index contributed by atoms with van der Waals surface area (Å²) in [6, 6.07) is 2.85. The maximum absolute atomic E-state index is 12.8. The first-order chi connectivity index (χ1) is 14.5. The van der Waals surface area contributed by atoms with Crippen molar-refractivity contribution in [1.29, 1.82) is 0 Å². The van der Waals surface area contributed by atoms with Gasteiger partial charge in [0.2, 0.25) is 5.91 Å². The van der Waals surface area contributed by atoms with Crippen molar-refractivity contribution in [2.24, 2.45) is 4.99 Å². The quantitative estimate of drug-likeness (QED) is 0.760. The predicted molar refractivity (Wildman–Crippen MR) is 111 cm³/mol. The summed E-state index contributed by atoms with van der Waals surface area (Å²) >= 11 is 0. The number of allylic oxidation sites excluding steroid dienone is 3. The molecule has 0 saturated carbocycles. The lowest BCUT2D eigenvalue weighted by Crippen LogP contribution is -2.45. The van der Waals surface area contributed by atoms with Crippen molar-refractivity contribution >= 4 is 35.3 Å². The van der Waals surface area contributed by atoms with E-state index in [-0.39, 0.29) is 17.7 Å². The maximum atomic E-state index is 12.8. The van der Waals surface area contributed by atoms with E-state index in [9.17, 15) is 14.4 Å². The van der Waals surface area contributed by atoms with Gasteiger partial charge in [0.15, 0.2) is 5.82 Å². The highest BCUT2D eigenvalue weighted by atomic mass is 16.2. The van der Waals surface area contributed by atoms with Gasteiger partial charge in [-0.05, 0) is 43.5 Å². The Hall–Kier alpha value is -3.62. The van der Waals surface area contributed by atoms with Crippen LogP contribution in [0.5, 0.6) is 0 Å². The summed E-state index contributed by atoms with van der Waals surface area (Å²) < 4.78 is 0. The number of rotatable bonds is 4. The van der Waals surface area contributed by atoms with Crippen molar-refractivity contribution in [3.8, 4) is 0 Å². The molecule has 9 heteroatoms. The fraction of sp³-hybridized carbons (Fsp3) is 0.333. The number of likely N-dealkylation sites (N-methyl/N-ethyl adjacent to an activating group) is 1. The summed E-state index contributed by atoms with van der Waals surface area (Å²) in [5, 5.41) is 11.1. The highest BCUT2D eigenvalue weighted by Crippen LogP contribution is 2.32. The number of nitrogens with one attached hydrogen (secondary N) is 1. The molecule has 1 N–H and O–H groups in total. The minimum Gasteiger partial charge on any atom is -0.355 e. The van der Waals surface area contributed by atoms with Crippen LogP contribution in [0, 0.1) is 0 Å². The molecule has 1 atom stereocenters. The van der Waals surface area contributed by atoms with Crippen LogP contribution < -0.4 is 5.32 Å². The van der Waals surface area contributed by atoms with Gasteiger partial charge in [0.1, 0.15) is 11.7 Å². The third kappa shape index (κ3) is 3.54. The Morgan fingerprint density at radius 2 is 2.03 bits per heavy atom. The maximum Gasteiger partial charge on any atom is 0.277 e. The summed E-state index contributed by atoms with van der Waals surface area (Å²) in [6.45, 7) is 2.25. The Kier molecular flexibility index (Phi) is 5.26. The molecule has 1 aromatic rings. The normalized spacial score (nSPS) is 19.6. The molecule has 1 aromatic heterocycles. The van der Waals surface area contributed by atoms with Gasteiger partial charge in [-0.1, -0.05) is 6.08 Å². The van der Waals surface area contributed by atoms with Crippen molar-refractivity contribution in [2.75, 3.05) is 18.9 Å². The molecule has 4 rings (SSSR count). The van der Waals surface area contributed by atoms with Crippen LogP contribution in [0.2, 0.25) is 0 Å². The average Bonchev–Trinajstić information content (AvgIpc) is 2.96. The zero-order valence-corrected chi connectivity index (χ0v) is 16.8. The van der Waals surface area contributed by atoms with E-state index in [1.54, 1.807) is 36.4 Å². The van der Waals surface area contributed by atoms with Crippen LogP contribution >= 0.6 is 0 Å². The number of aromatic nitrogens is 2. The van der Waals surface area contributed by atoms with E-state index in [1.165, 1.54) is 7.05 Å². The van der Waals surface area contributed by atoms with Crippen LogP contribution in [0.25, 0.3) is 5.57 Å². The Labute approximate surface area is 173 Å². The molecule has 1 unspecified atom stereocenters. The van der Waals surface area contributed by atoms with Crippen LogP contribution in [-0.2, 0) is 14.4 Å². The Bertz CT molecular complexity index is 1020. The van der Waals surface area contributed by atoms with E-state index in [0.717, 1.165) is 10.5 Å². The lowest BCUT2D eigenvalue weighted by molar-refractivity contribution is -0.136. The Morgan fingerprint density at radius 1 is 1.20 bits per heavy atom. The molecule has 0 fully saturated rings. The van der Waals surface area contributed by atoms with E-state index in [4.69, 9.17) is 0 Å². The second kappa shape index (κ2) is 8.02. The zero-order chi connectivity index (χ0) is 21.3. The van der Waals surface area contributed by atoms with E-state index >= 15 is 0 Å². The third-order valence-electron chi connectivity index (χ3n) is 5.45. The van der Waals surface area contributed by atoms with Gasteiger partial charge in [0, 0.05) is 38.0 Å². The predicted octanol–water partition coefficient (Wildman–Crippen LogP) is 1.52. The van der Waals surface area contributed by atoms with E-state index in [0.29, 0.717) is 48.6 Å². The lowest BCUT2D eigenvalue weighted by atomic mass is 10.0. The summed E-state index contributed by atoms with van der Waals surface area (Å²) in [6.07, 6.45) is 9.18. The van der Waals surface area contributed by atoms with Gasteiger partial charge in [0.05, 0.1) is 5.69 Å². The number of hydrogen-bond donors (Lipinski definition) is 1. The molecule has 0 bridgehead atoms. The standard InChI is InChI=1S/C21H22N6O3/c1-13(27-12-4-6-15-18(27)21(30)26(2)20(15)29)19(28)23-17-8-7-16(24-25-17)14-5-3-10-22-11-9-14/h3,5,7-8,10-11,13H,4,6,9,12H2,1-2H3,(H,23,25,28). The molecule has 0 aliphatic carbocycles. The third-order valence-corrected chi connectivity index (χ3v) is 5.45. The van der Waals surface area contributed by atoms with Gasteiger partial charge < -0.3 is 10.2 Å². The van der Waals surface area contributed by atoms with Gasteiger partial charge >= 0.3 is 0 Å². The number of aliphatic imine (C=N–C) groups is 1. The van der Waals surface area contributed by atoms with Crippen molar-refractivity contribution in [1.82, 2.24) is 20.0 Å². The molecule has 0 saturated heterocycles. The van der Waals surface area contributed by atoms with Crippen LogP contribution in [0.1, 0.15) is 31.9 Å². The first-order valence-electron chi connectivity index (χ1n) is 9.82. The monoisotopic (exact) mass is 406 g/mol. The molecule has 4 heterocycles. The second-order valence-corrected chi connectivity index (χ2v) is 7.33. The smallest absolute Gasteiger partial charge is 0.277 e. The molecule has 3 aliphatic rings. The fourth-order valence-corrected chi connectivity index (χ4v) is 3.75. The Balaban J connectivity index is 1.47. The fourth-order valence-electron chi connectivity index (χ4n) is 3.75. The number of imide groups is 1. The summed E-state index contributed by atoms with van der Waals surface area (Å²) in [5.41, 5.74) is 2.52. The van der Waals surface area contributed by atoms with Crippen LogP contribution in [0.3, 0.4) is 0 Å². The number of carbonyl (C=O) groups excluding carboxylic acids is 3. The van der Waals surface area contributed by atoms with Crippen LogP contribution in [0.15, 0.2) is 46.7 Å². The number of amides is 3. The first-order valence-corrected chi connectivity index (χ1v) is 9.82. The molecular formula is C21H22N6O3. The number of anilines is 1. The topological polar surface area (TPSA) is 108 Å². The van der Waals surface area contributed by atoms with Gasteiger partial charge in [0.25, 0.3) is 11.8 Å². The van der Waals surface area contributed by atoms with E-state index < -0.39 is 6.04 Å². The highest BCUT2D eigenvalue weighted by molar-refractivity contribution is 6.19. The number of hydrogen-bond acceptors (Lipinski definition) is 7. The zero-order valence-electron chi connectivity index (χ0n) is 16.8. The minimum absolute atomic E-state index is 0.276. The average molecular weight is 406 g/mol.